The minimum Gasteiger partial charge on any atom is -0.449 e. The second-order valence-corrected chi connectivity index (χ2v) is 8.17. The third kappa shape index (κ3) is 4.06. The van der Waals surface area contributed by atoms with E-state index in [1.807, 2.05) is 48.5 Å². The first-order valence-electron chi connectivity index (χ1n) is 10.9. The molecule has 1 amide bonds. The Morgan fingerprint density at radius 1 is 0.909 bits per heavy atom. The van der Waals surface area contributed by atoms with Crippen molar-refractivity contribution in [2.24, 2.45) is 0 Å². The van der Waals surface area contributed by atoms with Gasteiger partial charge in [-0.3, -0.25) is 4.98 Å². The van der Waals surface area contributed by atoms with Crippen LogP contribution in [0, 0.1) is 0 Å². The summed E-state index contributed by atoms with van der Waals surface area (Å²) in [6.07, 6.45) is 0.186. The molecular formula is C27H24N2O4. The number of carbonyl (C=O) groups excluding carboxylic acids is 1. The molecule has 1 heterocycles. The molecule has 166 valence electrons. The normalized spacial score (nSPS) is 14.4. The van der Waals surface area contributed by atoms with E-state index in [4.69, 9.17) is 4.74 Å². The Morgan fingerprint density at radius 2 is 1.55 bits per heavy atom. The zero-order valence-electron chi connectivity index (χ0n) is 17.9. The molecule has 2 atom stereocenters. The molecule has 2 unspecified atom stereocenters. The molecule has 1 aromatic heterocycles. The smallest absolute Gasteiger partial charge is 0.407 e. The molecule has 0 fully saturated rings. The molecular weight excluding hydrogens is 416 g/mol. The Kier molecular flexibility index (Phi) is 5.77. The number of carbonyl (C=O) groups is 1. The number of hydrogen-bond acceptors (Lipinski definition) is 5. The average molecular weight is 440 g/mol. The predicted molar refractivity (Wildman–Crippen MR) is 126 cm³/mol. The van der Waals surface area contributed by atoms with Crippen LogP contribution < -0.4 is 5.32 Å². The summed E-state index contributed by atoms with van der Waals surface area (Å²) >= 11 is 0. The number of amides is 1. The molecule has 3 N–H and O–H groups in total. The van der Waals surface area contributed by atoms with E-state index in [1.165, 1.54) is 6.20 Å². The van der Waals surface area contributed by atoms with Gasteiger partial charge in [-0.15, -0.1) is 0 Å². The Morgan fingerprint density at radius 3 is 2.27 bits per heavy atom. The van der Waals surface area contributed by atoms with Crippen molar-refractivity contribution in [3.8, 4) is 11.1 Å². The number of fused-ring (bicyclic) bond motifs is 4. The van der Waals surface area contributed by atoms with E-state index in [0.717, 1.165) is 33.0 Å². The van der Waals surface area contributed by atoms with Gasteiger partial charge in [0.25, 0.3) is 0 Å². The molecule has 6 nitrogen and oxygen atoms in total. The number of alkyl carbamates (subject to hydrolysis) is 1. The van der Waals surface area contributed by atoms with Gasteiger partial charge in [0.05, 0.1) is 0 Å². The Hall–Kier alpha value is -3.74. The van der Waals surface area contributed by atoms with E-state index in [9.17, 15) is 15.0 Å². The highest BCUT2D eigenvalue weighted by Crippen LogP contribution is 2.44. The quantitative estimate of drug-likeness (QED) is 0.419. The second kappa shape index (κ2) is 9.02. The van der Waals surface area contributed by atoms with Gasteiger partial charge in [0, 0.05) is 35.8 Å². The third-order valence-corrected chi connectivity index (χ3v) is 6.18. The van der Waals surface area contributed by atoms with Crippen molar-refractivity contribution in [2.45, 2.75) is 18.1 Å². The van der Waals surface area contributed by atoms with Crippen molar-refractivity contribution >= 4 is 16.9 Å². The van der Waals surface area contributed by atoms with Gasteiger partial charge in [-0.1, -0.05) is 72.8 Å². The lowest BCUT2D eigenvalue weighted by molar-refractivity contribution is 0.0192. The SMILES string of the molecule is O=C(NCC(O)C(O)c1cncc2ccccc12)OCC1c2ccccc2-c2ccccc21. The van der Waals surface area contributed by atoms with Gasteiger partial charge in [0.2, 0.25) is 0 Å². The fourth-order valence-electron chi connectivity index (χ4n) is 4.53. The molecule has 6 heteroatoms. The maximum absolute atomic E-state index is 12.4. The molecule has 0 aliphatic heterocycles. The monoisotopic (exact) mass is 440 g/mol. The van der Waals surface area contributed by atoms with Crippen molar-refractivity contribution in [3.05, 3.63) is 102 Å². The number of aliphatic hydroxyl groups is 2. The first kappa shape index (κ1) is 21.1. The van der Waals surface area contributed by atoms with Gasteiger partial charge in [-0.2, -0.15) is 0 Å². The van der Waals surface area contributed by atoms with Crippen molar-refractivity contribution in [3.63, 3.8) is 0 Å². The molecule has 3 aromatic carbocycles. The van der Waals surface area contributed by atoms with Crippen molar-refractivity contribution in [1.29, 1.82) is 0 Å². The van der Waals surface area contributed by atoms with Crippen molar-refractivity contribution < 1.29 is 19.7 Å². The molecule has 0 bridgehead atoms. The number of benzene rings is 3. The number of pyridine rings is 1. The van der Waals surface area contributed by atoms with Crippen LogP contribution in [0.15, 0.2) is 85.2 Å². The maximum atomic E-state index is 12.4. The lowest BCUT2D eigenvalue weighted by Crippen LogP contribution is -2.36. The van der Waals surface area contributed by atoms with E-state index in [0.29, 0.717) is 5.56 Å². The summed E-state index contributed by atoms with van der Waals surface area (Å²) in [6.45, 7) is 0.0345. The van der Waals surface area contributed by atoms with Gasteiger partial charge in [-0.25, -0.2) is 4.79 Å². The zero-order valence-corrected chi connectivity index (χ0v) is 17.9. The lowest BCUT2D eigenvalue weighted by Gasteiger charge is -2.20. The van der Waals surface area contributed by atoms with Crippen LogP contribution in [-0.4, -0.2) is 40.5 Å². The molecule has 0 radical (unpaired) electrons. The number of rotatable bonds is 6. The van der Waals surface area contributed by atoms with Crippen LogP contribution >= 0.6 is 0 Å². The number of aliphatic hydroxyl groups excluding tert-OH is 2. The first-order valence-corrected chi connectivity index (χ1v) is 10.9. The van der Waals surface area contributed by atoms with Gasteiger partial charge in [-0.05, 0) is 27.6 Å². The molecule has 1 aliphatic carbocycles. The van der Waals surface area contributed by atoms with E-state index in [1.54, 1.807) is 6.20 Å². The summed E-state index contributed by atoms with van der Waals surface area (Å²) in [4.78, 5) is 16.5. The highest BCUT2D eigenvalue weighted by Gasteiger charge is 2.29. The summed E-state index contributed by atoms with van der Waals surface area (Å²) in [5.74, 6) is -0.0413. The number of aromatic nitrogens is 1. The number of hydrogen-bond donors (Lipinski definition) is 3. The highest BCUT2D eigenvalue weighted by molar-refractivity contribution is 5.85. The van der Waals surface area contributed by atoms with E-state index in [-0.39, 0.29) is 19.1 Å². The summed E-state index contributed by atoms with van der Waals surface area (Å²) in [6, 6.07) is 23.7. The molecule has 0 saturated heterocycles. The van der Waals surface area contributed by atoms with Crippen LogP contribution in [0.5, 0.6) is 0 Å². The number of nitrogens with zero attached hydrogens (tertiary/aromatic N) is 1. The topological polar surface area (TPSA) is 91.7 Å². The maximum Gasteiger partial charge on any atom is 0.407 e. The van der Waals surface area contributed by atoms with Crippen LogP contribution in [0.3, 0.4) is 0 Å². The Bertz CT molecular complexity index is 1260. The fraction of sp³-hybridized carbons (Fsp3) is 0.185. The van der Waals surface area contributed by atoms with Crippen LogP contribution in [-0.2, 0) is 4.74 Å². The Labute approximate surface area is 191 Å². The van der Waals surface area contributed by atoms with Crippen LogP contribution in [0.4, 0.5) is 4.79 Å². The fourth-order valence-corrected chi connectivity index (χ4v) is 4.53. The van der Waals surface area contributed by atoms with Crippen molar-refractivity contribution in [2.75, 3.05) is 13.2 Å². The Balaban J connectivity index is 1.21. The number of nitrogens with one attached hydrogen (secondary N) is 1. The van der Waals surface area contributed by atoms with Gasteiger partial charge >= 0.3 is 6.09 Å². The second-order valence-electron chi connectivity index (χ2n) is 8.17. The zero-order chi connectivity index (χ0) is 22.8. The summed E-state index contributed by atoms with van der Waals surface area (Å²) in [5.41, 5.74) is 5.08. The predicted octanol–water partition coefficient (Wildman–Crippen LogP) is 4.17. The van der Waals surface area contributed by atoms with Gasteiger partial charge in [0.1, 0.15) is 18.8 Å². The van der Waals surface area contributed by atoms with Gasteiger partial charge in [0.15, 0.2) is 0 Å². The van der Waals surface area contributed by atoms with Crippen LogP contribution in [0.25, 0.3) is 21.9 Å². The minimum atomic E-state index is -1.21. The molecule has 1 aliphatic rings. The van der Waals surface area contributed by atoms with Crippen LogP contribution in [0.2, 0.25) is 0 Å². The van der Waals surface area contributed by atoms with E-state index >= 15 is 0 Å². The molecule has 0 spiro atoms. The standard InChI is InChI=1S/C27H24N2O4/c30-25(26(31)23-14-28-13-17-7-1-2-8-18(17)23)15-29-27(32)33-16-24-21-11-5-3-9-19(21)20-10-4-6-12-22(20)24/h1-14,24-26,30-31H,15-16H2,(H,29,32). The summed E-state index contributed by atoms with van der Waals surface area (Å²) in [5, 5.41) is 25.3. The van der Waals surface area contributed by atoms with Gasteiger partial charge < -0.3 is 20.3 Å². The number of ether oxygens (including phenoxy) is 1. The van der Waals surface area contributed by atoms with Crippen molar-refractivity contribution in [1.82, 2.24) is 10.3 Å². The lowest BCUT2D eigenvalue weighted by atomic mass is 9.98. The molecule has 0 saturated carbocycles. The third-order valence-electron chi connectivity index (χ3n) is 6.18. The first-order chi connectivity index (χ1) is 16.1. The molecule has 33 heavy (non-hydrogen) atoms. The van der Waals surface area contributed by atoms with E-state index in [2.05, 4.69) is 34.6 Å². The van der Waals surface area contributed by atoms with E-state index < -0.39 is 18.3 Å². The molecule has 5 rings (SSSR count). The largest absolute Gasteiger partial charge is 0.449 e. The highest BCUT2D eigenvalue weighted by atomic mass is 16.5. The minimum absolute atomic E-state index is 0.0413. The summed E-state index contributed by atoms with van der Waals surface area (Å²) < 4.78 is 5.49. The van der Waals surface area contributed by atoms with Crippen LogP contribution in [0.1, 0.15) is 28.7 Å². The molecule has 4 aromatic rings. The summed E-state index contributed by atoms with van der Waals surface area (Å²) in [7, 11) is 0. The average Bonchev–Trinajstić information content (AvgIpc) is 3.19.